The molecule has 0 bridgehead atoms. The molecule has 0 saturated heterocycles. The summed E-state index contributed by atoms with van der Waals surface area (Å²) < 4.78 is 5.31. The van der Waals surface area contributed by atoms with Crippen LogP contribution in [0.3, 0.4) is 0 Å². The molecule has 1 amide bonds. The molecule has 3 rings (SSSR count). The van der Waals surface area contributed by atoms with E-state index in [-0.39, 0.29) is 5.91 Å². The van der Waals surface area contributed by atoms with E-state index in [0.29, 0.717) is 11.6 Å². The van der Waals surface area contributed by atoms with Gasteiger partial charge in [-0.2, -0.15) is 0 Å². The van der Waals surface area contributed by atoms with Crippen LogP contribution in [0, 0.1) is 13.8 Å². The summed E-state index contributed by atoms with van der Waals surface area (Å²) in [6, 6.07) is 15.7. The number of ether oxygens (including phenoxy) is 1. The minimum Gasteiger partial charge on any atom is -0.496 e. The third-order valence-electron chi connectivity index (χ3n) is 3.92. The van der Waals surface area contributed by atoms with Gasteiger partial charge in [-0.1, -0.05) is 30.3 Å². The number of aryl methyl sites for hydroxylation is 2. The van der Waals surface area contributed by atoms with Gasteiger partial charge in [0, 0.05) is 10.4 Å². The van der Waals surface area contributed by atoms with Gasteiger partial charge in [0.15, 0.2) is 5.13 Å². The second-order valence-corrected chi connectivity index (χ2v) is 7.02. The van der Waals surface area contributed by atoms with Crippen molar-refractivity contribution in [1.82, 2.24) is 4.98 Å². The number of nitrogens with zero attached hydrogens (tertiary/aromatic N) is 1. The Morgan fingerprint density at radius 3 is 2.60 bits per heavy atom. The fourth-order valence-electron chi connectivity index (χ4n) is 2.69. The summed E-state index contributed by atoms with van der Waals surface area (Å²) in [5, 5.41) is 3.53. The molecule has 25 heavy (non-hydrogen) atoms. The predicted molar refractivity (Wildman–Crippen MR) is 102 cm³/mol. The third-order valence-corrected chi connectivity index (χ3v) is 4.80. The molecule has 0 fully saturated rings. The molecule has 1 heterocycles. The molecule has 0 unspecified atom stereocenters. The van der Waals surface area contributed by atoms with Crippen LogP contribution in [-0.2, 0) is 11.2 Å². The molecule has 3 aromatic rings. The van der Waals surface area contributed by atoms with Crippen LogP contribution >= 0.6 is 11.3 Å². The number of hydrogen-bond acceptors (Lipinski definition) is 4. The minimum absolute atomic E-state index is 0.0580. The average molecular weight is 352 g/mol. The van der Waals surface area contributed by atoms with Crippen molar-refractivity contribution < 1.29 is 9.53 Å². The number of carbonyl (C=O) groups is 1. The van der Waals surface area contributed by atoms with Crippen LogP contribution in [0.5, 0.6) is 5.75 Å². The number of carbonyl (C=O) groups excluding carboxylic acids is 1. The summed E-state index contributed by atoms with van der Waals surface area (Å²) in [6.45, 7) is 4.02. The Balaban J connectivity index is 1.76. The summed E-state index contributed by atoms with van der Waals surface area (Å²) >= 11 is 1.49. The Morgan fingerprint density at radius 1 is 1.16 bits per heavy atom. The van der Waals surface area contributed by atoms with E-state index in [1.165, 1.54) is 11.3 Å². The van der Waals surface area contributed by atoms with Crippen LogP contribution in [0.25, 0.3) is 11.3 Å². The molecule has 5 heteroatoms. The maximum absolute atomic E-state index is 12.2. The van der Waals surface area contributed by atoms with E-state index in [0.717, 1.165) is 33.0 Å². The Bertz CT molecular complexity index is 888. The lowest BCUT2D eigenvalue weighted by molar-refractivity contribution is -0.115. The fraction of sp³-hybridized carbons (Fsp3) is 0.200. The van der Waals surface area contributed by atoms with Gasteiger partial charge in [0.2, 0.25) is 5.91 Å². The van der Waals surface area contributed by atoms with E-state index in [9.17, 15) is 4.79 Å². The zero-order chi connectivity index (χ0) is 17.8. The van der Waals surface area contributed by atoms with Crippen molar-refractivity contribution in [2.24, 2.45) is 0 Å². The molecule has 0 aliphatic rings. The van der Waals surface area contributed by atoms with Crippen LogP contribution in [0.1, 0.15) is 16.0 Å². The topological polar surface area (TPSA) is 51.2 Å². The van der Waals surface area contributed by atoms with Gasteiger partial charge in [-0.15, -0.1) is 11.3 Å². The molecular formula is C20H20N2O2S. The van der Waals surface area contributed by atoms with Gasteiger partial charge < -0.3 is 10.1 Å². The molecule has 0 atom stereocenters. The summed E-state index contributed by atoms with van der Waals surface area (Å²) in [7, 11) is 1.66. The second kappa shape index (κ2) is 7.49. The first-order valence-corrected chi connectivity index (χ1v) is 8.84. The largest absolute Gasteiger partial charge is 0.496 e. The molecule has 2 aromatic carbocycles. The van der Waals surface area contributed by atoms with Crippen molar-refractivity contribution in [3.63, 3.8) is 0 Å². The highest BCUT2D eigenvalue weighted by Gasteiger charge is 2.13. The number of anilines is 1. The van der Waals surface area contributed by atoms with Crippen molar-refractivity contribution in [1.29, 1.82) is 0 Å². The molecule has 0 saturated carbocycles. The van der Waals surface area contributed by atoms with Gasteiger partial charge in [0.05, 0.1) is 19.2 Å². The smallest absolute Gasteiger partial charge is 0.230 e. The second-order valence-electron chi connectivity index (χ2n) is 5.82. The number of amides is 1. The summed E-state index contributed by atoms with van der Waals surface area (Å²) in [5.74, 6) is 0.797. The standard InChI is InChI=1S/C20H20N2O2S/c1-13-11-16(9-10-17(13)24-3)19-14(2)25-20(22-19)21-18(23)12-15-7-5-4-6-8-15/h4-11H,12H2,1-3H3,(H,21,22,23). The molecule has 0 radical (unpaired) electrons. The highest BCUT2D eigenvalue weighted by Crippen LogP contribution is 2.32. The van der Waals surface area contributed by atoms with Gasteiger partial charge in [0.1, 0.15) is 5.75 Å². The van der Waals surface area contributed by atoms with Gasteiger partial charge in [-0.3, -0.25) is 4.79 Å². The average Bonchev–Trinajstić information content (AvgIpc) is 2.95. The van der Waals surface area contributed by atoms with Crippen LogP contribution in [0.15, 0.2) is 48.5 Å². The molecular weight excluding hydrogens is 332 g/mol. The fourth-order valence-corrected chi connectivity index (χ4v) is 3.54. The number of benzene rings is 2. The van der Waals surface area contributed by atoms with Crippen LogP contribution in [0.2, 0.25) is 0 Å². The number of aromatic nitrogens is 1. The zero-order valence-electron chi connectivity index (χ0n) is 14.5. The minimum atomic E-state index is -0.0580. The van der Waals surface area contributed by atoms with E-state index in [1.807, 2.05) is 56.3 Å². The van der Waals surface area contributed by atoms with Gasteiger partial charge >= 0.3 is 0 Å². The molecule has 128 valence electrons. The first-order valence-electron chi connectivity index (χ1n) is 8.03. The molecule has 1 aromatic heterocycles. The monoisotopic (exact) mass is 352 g/mol. The number of rotatable bonds is 5. The number of thiazole rings is 1. The summed E-state index contributed by atoms with van der Waals surface area (Å²) in [5.41, 5.74) is 3.96. The van der Waals surface area contributed by atoms with Gasteiger partial charge in [0.25, 0.3) is 0 Å². The van der Waals surface area contributed by atoms with E-state index >= 15 is 0 Å². The zero-order valence-corrected chi connectivity index (χ0v) is 15.3. The lowest BCUT2D eigenvalue weighted by Crippen LogP contribution is -2.14. The van der Waals surface area contributed by atoms with E-state index in [4.69, 9.17) is 4.74 Å². The first kappa shape index (κ1) is 17.2. The van der Waals surface area contributed by atoms with E-state index in [2.05, 4.69) is 16.4 Å². The quantitative estimate of drug-likeness (QED) is 0.729. The number of hydrogen-bond donors (Lipinski definition) is 1. The molecule has 0 aliphatic heterocycles. The van der Waals surface area contributed by atoms with Crippen LogP contribution in [0.4, 0.5) is 5.13 Å². The number of methoxy groups -OCH3 is 1. The van der Waals surface area contributed by atoms with Crippen LogP contribution < -0.4 is 10.1 Å². The predicted octanol–water partition coefficient (Wildman–Crippen LogP) is 4.62. The van der Waals surface area contributed by atoms with Crippen molar-refractivity contribution >= 4 is 22.4 Å². The maximum Gasteiger partial charge on any atom is 0.230 e. The van der Waals surface area contributed by atoms with E-state index in [1.54, 1.807) is 7.11 Å². The Labute approximate surface area is 151 Å². The van der Waals surface area contributed by atoms with Gasteiger partial charge in [-0.05, 0) is 43.2 Å². The molecule has 0 spiro atoms. The van der Waals surface area contributed by atoms with E-state index < -0.39 is 0 Å². The van der Waals surface area contributed by atoms with Crippen LogP contribution in [-0.4, -0.2) is 18.0 Å². The SMILES string of the molecule is COc1ccc(-c2nc(NC(=O)Cc3ccccc3)sc2C)cc1C. The normalized spacial score (nSPS) is 10.5. The van der Waals surface area contributed by atoms with Crippen molar-refractivity contribution in [2.75, 3.05) is 12.4 Å². The highest BCUT2D eigenvalue weighted by atomic mass is 32.1. The lowest BCUT2D eigenvalue weighted by atomic mass is 10.1. The number of nitrogens with one attached hydrogen (secondary N) is 1. The lowest BCUT2D eigenvalue weighted by Gasteiger charge is -2.06. The van der Waals surface area contributed by atoms with Gasteiger partial charge in [-0.25, -0.2) is 4.98 Å². The van der Waals surface area contributed by atoms with Crippen molar-refractivity contribution in [3.8, 4) is 17.0 Å². The Hall–Kier alpha value is -2.66. The Morgan fingerprint density at radius 2 is 1.92 bits per heavy atom. The Kier molecular flexibility index (Phi) is 5.14. The molecule has 4 nitrogen and oxygen atoms in total. The van der Waals surface area contributed by atoms with Crippen molar-refractivity contribution in [2.45, 2.75) is 20.3 Å². The molecule has 0 aliphatic carbocycles. The van der Waals surface area contributed by atoms with Crippen molar-refractivity contribution in [3.05, 3.63) is 64.5 Å². The summed E-state index contributed by atoms with van der Waals surface area (Å²) in [4.78, 5) is 17.9. The first-order chi connectivity index (χ1) is 12.1. The highest BCUT2D eigenvalue weighted by molar-refractivity contribution is 7.16. The third kappa shape index (κ3) is 4.06. The maximum atomic E-state index is 12.2. The molecule has 1 N–H and O–H groups in total. The summed E-state index contributed by atoms with van der Waals surface area (Å²) in [6.07, 6.45) is 0.344.